The van der Waals surface area contributed by atoms with E-state index in [-0.39, 0.29) is 5.91 Å². The summed E-state index contributed by atoms with van der Waals surface area (Å²) in [5.74, 6) is 0.189. The van der Waals surface area contributed by atoms with Gasteiger partial charge in [-0.15, -0.1) is 21.5 Å². The first-order chi connectivity index (χ1) is 9.65. The topological polar surface area (TPSA) is 54.9 Å². The third kappa shape index (κ3) is 2.44. The first-order valence-corrected chi connectivity index (χ1v) is 7.95. The number of nitrogens with one attached hydrogen (secondary N) is 1. The Morgan fingerprint density at radius 3 is 2.80 bits per heavy atom. The van der Waals surface area contributed by atoms with Crippen LogP contribution >= 0.6 is 22.7 Å². The minimum atomic E-state index is -0.131. The van der Waals surface area contributed by atoms with Gasteiger partial charge in [-0.05, 0) is 6.07 Å². The van der Waals surface area contributed by atoms with Crippen molar-refractivity contribution >= 4 is 43.8 Å². The van der Waals surface area contributed by atoms with Crippen LogP contribution in [0.1, 0.15) is 35.1 Å². The lowest BCUT2D eigenvalue weighted by Gasteiger charge is -1.99. The smallest absolute Gasteiger partial charge is 0.258 e. The summed E-state index contributed by atoms with van der Waals surface area (Å²) in [6, 6.07) is 7.88. The van der Waals surface area contributed by atoms with Crippen molar-refractivity contribution in [1.29, 1.82) is 0 Å². The predicted octanol–water partition coefficient (Wildman–Crippen LogP) is 4.13. The lowest BCUT2D eigenvalue weighted by Crippen LogP contribution is -2.10. The van der Waals surface area contributed by atoms with Gasteiger partial charge in [0.25, 0.3) is 5.91 Å². The molecule has 0 radical (unpaired) electrons. The fraction of sp³-hybridized carbons (Fsp3) is 0.214. The molecule has 1 N–H and O–H groups in total. The maximum Gasteiger partial charge on any atom is 0.258 e. The van der Waals surface area contributed by atoms with Crippen LogP contribution in [-0.2, 0) is 0 Å². The number of anilines is 1. The second kappa shape index (κ2) is 5.30. The fourth-order valence-electron chi connectivity index (χ4n) is 1.84. The van der Waals surface area contributed by atoms with E-state index in [4.69, 9.17) is 0 Å². The van der Waals surface area contributed by atoms with Gasteiger partial charge in [0.2, 0.25) is 5.13 Å². The molecule has 0 fully saturated rings. The first-order valence-electron chi connectivity index (χ1n) is 6.26. The average molecular weight is 303 g/mol. The summed E-state index contributed by atoms with van der Waals surface area (Å²) in [7, 11) is 0. The zero-order chi connectivity index (χ0) is 14.1. The summed E-state index contributed by atoms with van der Waals surface area (Å²) in [4.78, 5) is 12.3. The molecule has 0 saturated carbocycles. The Bertz CT molecular complexity index is 760. The van der Waals surface area contributed by atoms with Crippen LogP contribution in [-0.4, -0.2) is 16.1 Å². The SMILES string of the molecule is CC(C)c1nnc(NC(=O)c2csc3ccccc23)s1. The summed E-state index contributed by atoms with van der Waals surface area (Å²) in [6.45, 7) is 4.11. The highest BCUT2D eigenvalue weighted by Crippen LogP contribution is 2.27. The number of amides is 1. The number of hydrogen-bond acceptors (Lipinski definition) is 5. The Morgan fingerprint density at radius 2 is 2.05 bits per heavy atom. The maximum atomic E-state index is 12.3. The van der Waals surface area contributed by atoms with Crippen molar-refractivity contribution in [1.82, 2.24) is 10.2 Å². The van der Waals surface area contributed by atoms with E-state index in [9.17, 15) is 4.79 Å². The molecule has 1 aromatic carbocycles. The third-order valence-electron chi connectivity index (χ3n) is 2.88. The molecule has 0 aliphatic carbocycles. The van der Waals surface area contributed by atoms with Gasteiger partial charge < -0.3 is 0 Å². The lowest BCUT2D eigenvalue weighted by atomic mass is 10.2. The van der Waals surface area contributed by atoms with E-state index in [2.05, 4.69) is 29.4 Å². The Labute approximate surface area is 124 Å². The van der Waals surface area contributed by atoms with Crippen LogP contribution in [0.15, 0.2) is 29.6 Å². The molecule has 0 saturated heterocycles. The van der Waals surface area contributed by atoms with Crippen LogP contribution in [0.5, 0.6) is 0 Å². The van der Waals surface area contributed by atoms with Crippen LogP contribution in [0.25, 0.3) is 10.1 Å². The lowest BCUT2D eigenvalue weighted by molar-refractivity contribution is 0.102. The van der Waals surface area contributed by atoms with Crippen molar-refractivity contribution in [2.45, 2.75) is 19.8 Å². The van der Waals surface area contributed by atoms with Gasteiger partial charge in [0, 0.05) is 21.4 Å². The van der Waals surface area contributed by atoms with E-state index in [0.29, 0.717) is 16.6 Å². The van der Waals surface area contributed by atoms with Crippen LogP contribution in [0.2, 0.25) is 0 Å². The number of carbonyl (C=O) groups is 1. The maximum absolute atomic E-state index is 12.3. The number of carbonyl (C=O) groups excluding carboxylic acids is 1. The highest BCUT2D eigenvalue weighted by atomic mass is 32.1. The van der Waals surface area contributed by atoms with Gasteiger partial charge >= 0.3 is 0 Å². The quantitative estimate of drug-likeness (QED) is 0.791. The van der Waals surface area contributed by atoms with Crippen molar-refractivity contribution in [3.63, 3.8) is 0 Å². The fourth-order valence-corrected chi connectivity index (χ4v) is 3.52. The highest BCUT2D eigenvalue weighted by Gasteiger charge is 2.15. The number of aromatic nitrogens is 2. The second-order valence-electron chi connectivity index (χ2n) is 4.70. The van der Waals surface area contributed by atoms with Crippen molar-refractivity contribution in [2.75, 3.05) is 5.32 Å². The molecular formula is C14H13N3OS2. The van der Waals surface area contributed by atoms with Gasteiger partial charge in [-0.1, -0.05) is 43.4 Å². The molecule has 6 heteroatoms. The van der Waals surface area contributed by atoms with Gasteiger partial charge in [-0.2, -0.15) is 0 Å². The van der Waals surface area contributed by atoms with E-state index in [1.165, 1.54) is 11.3 Å². The van der Waals surface area contributed by atoms with Crippen LogP contribution in [0.3, 0.4) is 0 Å². The number of rotatable bonds is 3. The molecule has 2 heterocycles. The summed E-state index contributed by atoms with van der Waals surface area (Å²) in [5.41, 5.74) is 0.687. The molecule has 0 aliphatic heterocycles. The van der Waals surface area contributed by atoms with Crippen LogP contribution < -0.4 is 5.32 Å². The molecule has 102 valence electrons. The molecule has 0 atom stereocenters. The molecule has 0 unspecified atom stereocenters. The minimum Gasteiger partial charge on any atom is -0.296 e. The molecule has 2 aromatic heterocycles. The van der Waals surface area contributed by atoms with Gasteiger partial charge in [-0.25, -0.2) is 0 Å². The molecule has 0 aliphatic rings. The molecule has 0 bridgehead atoms. The summed E-state index contributed by atoms with van der Waals surface area (Å²) in [5, 5.41) is 15.2. The Hall–Kier alpha value is -1.79. The zero-order valence-corrected chi connectivity index (χ0v) is 12.7. The van der Waals surface area contributed by atoms with E-state index in [1.807, 2.05) is 29.6 Å². The van der Waals surface area contributed by atoms with Crippen LogP contribution in [0.4, 0.5) is 5.13 Å². The molecule has 1 amide bonds. The van der Waals surface area contributed by atoms with Gasteiger partial charge in [-0.3, -0.25) is 10.1 Å². The van der Waals surface area contributed by atoms with E-state index >= 15 is 0 Å². The Kier molecular flexibility index (Phi) is 3.50. The first kappa shape index (κ1) is 13.2. The average Bonchev–Trinajstić information content (AvgIpc) is 3.04. The van der Waals surface area contributed by atoms with E-state index in [1.54, 1.807) is 11.3 Å². The molecule has 20 heavy (non-hydrogen) atoms. The summed E-state index contributed by atoms with van der Waals surface area (Å²) in [6.07, 6.45) is 0. The van der Waals surface area contributed by atoms with Crippen LogP contribution in [0, 0.1) is 0 Å². The number of fused-ring (bicyclic) bond motifs is 1. The Morgan fingerprint density at radius 1 is 1.25 bits per heavy atom. The normalized spacial score (nSPS) is 11.2. The molecule has 0 spiro atoms. The zero-order valence-electron chi connectivity index (χ0n) is 11.1. The van der Waals surface area contributed by atoms with E-state index in [0.717, 1.165) is 15.1 Å². The number of hydrogen-bond donors (Lipinski definition) is 1. The van der Waals surface area contributed by atoms with Gasteiger partial charge in [0.15, 0.2) is 0 Å². The third-order valence-corrected chi connectivity index (χ3v) is 4.98. The van der Waals surface area contributed by atoms with Crippen molar-refractivity contribution in [2.24, 2.45) is 0 Å². The second-order valence-corrected chi connectivity index (χ2v) is 6.62. The molecular weight excluding hydrogens is 290 g/mol. The van der Waals surface area contributed by atoms with Crippen molar-refractivity contribution < 1.29 is 4.79 Å². The number of thiophene rings is 1. The van der Waals surface area contributed by atoms with E-state index < -0.39 is 0 Å². The summed E-state index contributed by atoms with van der Waals surface area (Å²) < 4.78 is 1.11. The molecule has 4 nitrogen and oxygen atoms in total. The Balaban J connectivity index is 1.85. The van der Waals surface area contributed by atoms with Gasteiger partial charge in [0.1, 0.15) is 5.01 Å². The highest BCUT2D eigenvalue weighted by molar-refractivity contribution is 7.17. The monoisotopic (exact) mass is 303 g/mol. The van der Waals surface area contributed by atoms with Crippen molar-refractivity contribution in [3.05, 3.63) is 40.2 Å². The summed E-state index contributed by atoms with van der Waals surface area (Å²) >= 11 is 2.99. The largest absolute Gasteiger partial charge is 0.296 e. The standard InChI is InChI=1S/C14H13N3OS2/c1-8(2)13-16-17-14(20-13)15-12(18)10-7-19-11-6-4-3-5-9(10)11/h3-8H,1-2H3,(H,15,17,18). The number of benzene rings is 1. The molecule has 3 aromatic rings. The van der Waals surface area contributed by atoms with Crippen molar-refractivity contribution in [3.8, 4) is 0 Å². The molecule has 3 rings (SSSR count). The minimum absolute atomic E-state index is 0.131. The predicted molar refractivity (Wildman–Crippen MR) is 83.8 cm³/mol. The van der Waals surface area contributed by atoms with Gasteiger partial charge in [0.05, 0.1) is 5.56 Å². The number of nitrogens with zero attached hydrogens (tertiary/aromatic N) is 2.